The lowest BCUT2D eigenvalue weighted by molar-refractivity contribution is -0.138. The van der Waals surface area contributed by atoms with Crippen LogP contribution in [0, 0.1) is 11.8 Å². The lowest BCUT2D eigenvalue weighted by Crippen LogP contribution is -2.38. The molecular formula is C15H29N3O3. The third-order valence-corrected chi connectivity index (χ3v) is 3.90. The Kier molecular flexibility index (Phi) is 7.67. The number of nitrogens with zero attached hydrogens (tertiary/aromatic N) is 2. The number of carboxylic acids is 1. The Morgan fingerprint density at radius 1 is 1.19 bits per heavy atom. The van der Waals surface area contributed by atoms with Gasteiger partial charge in [-0.15, -0.1) is 0 Å². The summed E-state index contributed by atoms with van der Waals surface area (Å²) in [5, 5.41) is 8.83. The van der Waals surface area contributed by atoms with Crippen LogP contribution in [0.4, 0.5) is 0 Å². The zero-order chi connectivity index (χ0) is 15.8. The molecule has 1 aliphatic heterocycles. The number of hydrogen-bond acceptors (Lipinski definition) is 4. The van der Waals surface area contributed by atoms with Crippen LogP contribution < -0.4 is 5.73 Å². The van der Waals surface area contributed by atoms with Crippen molar-refractivity contribution in [1.29, 1.82) is 0 Å². The van der Waals surface area contributed by atoms with Crippen LogP contribution in [-0.4, -0.2) is 66.1 Å². The first-order valence-electron chi connectivity index (χ1n) is 7.84. The highest BCUT2D eigenvalue weighted by Gasteiger charge is 2.22. The maximum absolute atomic E-state index is 12.4. The summed E-state index contributed by atoms with van der Waals surface area (Å²) in [6.45, 7) is 7.59. The molecule has 1 heterocycles. The number of amides is 1. The van der Waals surface area contributed by atoms with Crippen molar-refractivity contribution in [1.82, 2.24) is 9.80 Å². The maximum atomic E-state index is 12.4. The standard InChI is InChI=1S/C15H29N3O3/c1-12(2)8-13(10-16)9-14(19)18-5-3-4-17(6-7-18)11-15(20)21/h12-13H,3-11,16H2,1-2H3,(H,20,21)/t13-/m0/s1. The van der Waals surface area contributed by atoms with Crippen molar-refractivity contribution in [2.24, 2.45) is 17.6 Å². The fourth-order valence-electron chi connectivity index (χ4n) is 2.88. The molecule has 1 fully saturated rings. The number of rotatable bonds is 7. The van der Waals surface area contributed by atoms with Gasteiger partial charge in [0.2, 0.25) is 5.91 Å². The summed E-state index contributed by atoms with van der Waals surface area (Å²) in [7, 11) is 0. The fourth-order valence-corrected chi connectivity index (χ4v) is 2.88. The van der Waals surface area contributed by atoms with Gasteiger partial charge >= 0.3 is 5.97 Å². The highest BCUT2D eigenvalue weighted by molar-refractivity contribution is 5.76. The molecule has 21 heavy (non-hydrogen) atoms. The average molecular weight is 299 g/mol. The summed E-state index contributed by atoms with van der Waals surface area (Å²) in [6.07, 6.45) is 2.31. The number of hydrogen-bond donors (Lipinski definition) is 2. The first-order chi connectivity index (χ1) is 9.92. The van der Waals surface area contributed by atoms with Gasteiger partial charge in [-0.2, -0.15) is 0 Å². The topological polar surface area (TPSA) is 86.9 Å². The minimum atomic E-state index is -0.810. The Morgan fingerprint density at radius 3 is 2.48 bits per heavy atom. The van der Waals surface area contributed by atoms with E-state index in [4.69, 9.17) is 10.8 Å². The Hall–Kier alpha value is -1.14. The van der Waals surface area contributed by atoms with Crippen molar-refractivity contribution in [2.75, 3.05) is 39.3 Å². The van der Waals surface area contributed by atoms with Gasteiger partial charge < -0.3 is 15.7 Å². The van der Waals surface area contributed by atoms with Gasteiger partial charge in [-0.05, 0) is 31.2 Å². The monoisotopic (exact) mass is 299 g/mol. The first-order valence-corrected chi connectivity index (χ1v) is 7.84. The molecule has 1 aliphatic rings. The normalized spacial score (nSPS) is 18.6. The highest BCUT2D eigenvalue weighted by Crippen LogP contribution is 2.16. The summed E-state index contributed by atoms with van der Waals surface area (Å²) in [6, 6.07) is 0. The molecule has 0 saturated carbocycles. The average Bonchev–Trinajstić information content (AvgIpc) is 2.62. The van der Waals surface area contributed by atoms with Crippen LogP contribution in [0.15, 0.2) is 0 Å². The molecule has 0 aromatic heterocycles. The number of aliphatic carboxylic acids is 1. The molecule has 1 atom stereocenters. The minimum absolute atomic E-state index is 0.0564. The van der Waals surface area contributed by atoms with Gasteiger partial charge in [0.1, 0.15) is 0 Å². The van der Waals surface area contributed by atoms with E-state index in [1.807, 2.05) is 9.80 Å². The van der Waals surface area contributed by atoms with Crippen molar-refractivity contribution >= 4 is 11.9 Å². The lowest BCUT2D eigenvalue weighted by Gasteiger charge is -2.24. The third kappa shape index (κ3) is 6.91. The predicted octanol–water partition coefficient (Wildman–Crippen LogP) is 0.616. The van der Waals surface area contributed by atoms with E-state index in [0.717, 1.165) is 19.4 Å². The molecule has 0 aliphatic carbocycles. The zero-order valence-electron chi connectivity index (χ0n) is 13.3. The second-order valence-electron chi connectivity index (χ2n) is 6.34. The quantitative estimate of drug-likeness (QED) is 0.719. The molecule has 1 saturated heterocycles. The summed E-state index contributed by atoms with van der Waals surface area (Å²) in [4.78, 5) is 26.9. The zero-order valence-corrected chi connectivity index (χ0v) is 13.3. The maximum Gasteiger partial charge on any atom is 0.317 e. The molecule has 0 unspecified atom stereocenters. The van der Waals surface area contributed by atoms with Crippen molar-refractivity contribution in [3.05, 3.63) is 0 Å². The van der Waals surface area contributed by atoms with Gasteiger partial charge in [0, 0.05) is 32.6 Å². The largest absolute Gasteiger partial charge is 0.480 e. The fraction of sp³-hybridized carbons (Fsp3) is 0.867. The number of carbonyl (C=O) groups is 2. The summed E-state index contributed by atoms with van der Waals surface area (Å²) in [5.41, 5.74) is 5.76. The van der Waals surface area contributed by atoms with Gasteiger partial charge in [0.25, 0.3) is 0 Å². The molecular weight excluding hydrogens is 270 g/mol. The third-order valence-electron chi connectivity index (χ3n) is 3.90. The SMILES string of the molecule is CC(C)C[C@H](CN)CC(=O)N1CCCN(CC(=O)O)CC1. The van der Waals surface area contributed by atoms with Gasteiger partial charge in [-0.25, -0.2) is 0 Å². The molecule has 6 nitrogen and oxygen atoms in total. The van der Waals surface area contributed by atoms with E-state index in [2.05, 4.69) is 13.8 Å². The number of carboxylic acid groups (broad SMARTS) is 1. The lowest BCUT2D eigenvalue weighted by atomic mass is 9.94. The van der Waals surface area contributed by atoms with E-state index in [1.54, 1.807) is 0 Å². The molecule has 3 N–H and O–H groups in total. The summed E-state index contributed by atoms with van der Waals surface area (Å²) >= 11 is 0. The Bertz CT molecular complexity index is 347. The van der Waals surface area contributed by atoms with Gasteiger partial charge in [-0.1, -0.05) is 13.8 Å². The van der Waals surface area contributed by atoms with Crippen LogP contribution in [0.3, 0.4) is 0 Å². The second kappa shape index (κ2) is 9.00. The Labute approximate surface area is 127 Å². The molecule has 122 valence electrons. The van der Waals surface area contributed by atoms with E-state index in [0.29, 0.717) is 38.5 Å². The molecule has 0 bridgehead atoms. The Balaban J connectivity index is 2.45. The van der Waals surface area contributed by atoms with Crippen molar-refractivity contribution < 1.29 is 14.7 Å². The molecule has 0 aromatic rings. The van der Waals surface area contributed by atoms with E-state index in [-0.39, 0.29) is 18.4 Å². The second-order valence-corrected chi connectivity index (χ2v) is 6.34. The van der Waals surface area contributed by atoms with Crippen LogP contribution in [0.5, 0.6) is 0 Å². The van der Waals surface area contributed by atoms with Crippen molar-refractivity contribution in [2.45, 2.75) is 33.1 Å². The molecule has 0 aromatic carbocycles. The van der Waals surface area contributed by atoms with E-state index in [1.165, 1.54) is 0 Å². The van der Waals surface area contributed by atoms with Crippen LogP contribution >= 0.6 is 0 Å². The summed E-state index contributed by atoms with van der Waals surface area (Å²) < 4.78 is 0. The van der Waals surface area contributed by atoms with E-state index < -0.39 is 5.97 Å². The smallest absolute Gasteiger partial charge is 0.317 e. The summed E-state index contributed by atoms with van der Waals surface area (Å²) in [5.74, 6) is 0.135. The first kappa shape index (κ1) is 17.9. The molecule has 6 heteroatoms. The van der Waals surface area contributed by atoms with E-state index in [9.17, 15) is 9.59 Å². The van der Waals surface area contributed by atoms with Gasteiger partial charge in [-0.3, -0.25) is 14.5 Å². The molecule has 1 amide bonds. The van der Waals surface area contributed by atoms with E-state index >= 15 is 0 Å². The minimum Gasteiger partial charge on any atom is -0.480 e. The Morgan fingerprint density at radius 2 is 1.90 bits per heavy atom. The molecule has 0 radical (unpaired) electrons. The predicted molar refractivity (Wildman–Crippen MR) is 81.9 cm³/mol. The number of carbonyl (C=O) groups excluding carboxylic acids is 1. The highest BCUT2D eigenvalue weighted by atomic mass is 16.4. The molecule has 1 rings (SSSR count). The van der Waals surface area contributed by atoms with Crippen molar-refractivity contribution in [3.63, 3.8) is 0 Å². The number of nitrogens with two attached hydrogens (primary N) is 1. The van der Waals surface area contributed by atoms with Crippen LogP contribution in [-0.2, 0) is 9.59 Å². The van der Waals surface area contributed by atoms with Crippen LogP contribution in [0.2, 0.25) is 0 Å². The van der Waals surface area contributed by atoms with Crippen LogP contribution in [0.25, 0.3) is 0 Å². The molecule has 0 spiro atoms. The van der Waals surface area contributed by atoms with Crippen LogP contribution in [0.1, 0.15) is 33.1 Å². The van der Waals surface area contributed by atoms with Gasteiger partial charge in [0.15, 0.2) is 0 Å². The van der Waals surface area contributed by atoms with Crippen molar-refractivity contribution in [3.8, 4) is 0 Å². The van der Waals surface area contributed by atoms with Gasteiger partial charge in [0.05, 0.1) is 6.54 Å².